The van der Waals surface area contributed by atoms with Crippen LogP contribution in [-0.4, -0.2) is 38.6 Å². The van der Waals surface area contributed by atoms with E-state index in [2.05, 4.69) is 32.4 Å². The molecular weight excluding hydrogens is 342 g/mol. The van der Waals surface area contributed by atoms with Gasteiger partial charge in [-0.1, -0.05) is 0 Å². The Balaban J connectivity index is 1.48. The average molecular weight is 367 g/mol. The number of ether oxygens (including phenoxy) is 1. The second-order valence-electron chi connectivity index (χ2n) is 6.57. The van der Waals surface area contributed by atoms with Crippen molar-refractivity contribution >= 4 is 28.9 Å². The zero-order chi connectivity index (χ0) is 19.1. The van der Waals surface area contributed by atoms with Crippen LogP contribution in [-0.2, 0) is 9.53 Å². The van der Waals surface area contributed by atoms with Gasteiger partial charge in [0.15, 0.2) is 0 Å². The molecule has 0 radical (unpaired) electrons. The van der Waals surface area contributed by atoms with Gasteiger partial charge >= 0.3 is 5.97 Å². The molecule has 0 atom stereocenters. The normalized spacial score (nSPS) is 13.7. The standard InChI is InChI=1S/C21H25N3O3/c1-27-21(26)16-5-7-18(8-6-16)23-20(25)15-22-17-9-11-19(12-10-17)24-13-3-2-4-14-24/h5-12,22H,2-4,13-15H2,1H3,(H,23,25). The third kappa shape index (κ3) is 5.23. The predicted molar refractivity (Wildman–Crippen MR) is 107 cm³/mol. The van der Waals surface area contributed by atoms with Crippen molar-refractivity contribution in [2.24, 2.45) is 0 Å². The maximum Gasteiger partial charge on any atom is 0.337 e. The summed E-state index contributed by atoms with van der Waals surface area (Å²) in [6.45, 7) is 2.40. The first kappa shape index (κ1) is 18.8. The fraction of sp³-hybridized carbons (Fsp3) is 0.333. The fourth-order valence-electron chi connectivity index (χ4n) is 3.14. The molecule has 27 heavy (non-hydrogen) atoms. The highest BCUT2D eigenvalue weighted by Crippen LogP contribution is 2.21. The van der Waals surface area contributed by atoms with E-state index in [-0.39, 0.29) is 12.5 Å². The Hall–Kier alpha value is -3.02. The summed E-state index contributed by atoms with van der Waals surface area (Å²) in [4.78, 5) is 25.9. The second kappa shape index (κ2) is 9.07. The zero-order valence-electron chi connectivity index (χ0n) is 15.5. The molecule has 2 aromatic carbocycles. The lowest BCUT2D eigenvalue weighted by atomic mass is 10.1. The summed E-state index contributed by atoms with van der Waals surface area (Å²) in [6, 6.07) is 14.8. The van der Waals surface area contributed by atoms with Crippen LogP contribution in [0.4, 0.5) is 17.1 Å². The predicted octanol–water partition coefficient (Wildman–Crippen LogP) is 3.51. The van der Waals surface area contributed by atoms with Crippen LogP contribution in [0.1, 0.15) is 29.6 Å². The fourth-order valence-corrected chi connectivity index (χ4v) is 3.14. The Morgan fingerprint density at radius 1 is 0.926 bits per heavy atom. The van der Waals surface area contributed by atoms with Crippen LogP contribution in [0, 0.1) is 0 Å². The Bertz CT molecular complexity index is 766. The van der Waals surface area contributed by atoms with Crippen molar-refractivity contribution in [1.29, 1.82) is 0 Å². The van der Waals surface area contributed by atoms with Crippen molar-refractivity contribution < 1.29 is 14.3 Å². The van der Waals surface area contributed by atoms with Gasteiger partial charge in [0.05, 0.1) is 19.2 Å². The summed E-state index contributed by atoms with van der Waals surface area (Å²) in [5.74, 6) is -0.552. The lowest BCUT2D eigenvalue weighted by Gasteiger charge is -2.28. The maximum atomic E-state index is 12.1. The number of esters is 1. The number of piperidine rings is 1. The van der Waals surface area contributed by atoms with Crippen molar-refractivity contribution in [1.82, 2.24) is 0 Å². The number of amides is 1. The molecule has 0 bridgehead atoms. The van der Waals surface area contributed by atoms with Gasteiger partial charge in [0.1, 0.15) is 0 Å². The molecule has 0 aromatic heterocycles. The Labute approximate surface area is 159 Å². The SMILES string of the molecule is COC(=O)c1ccc(NC(=O)CNc2ccc(N3CCCCC3)cc2)cc1. The summed E-state index contributed by atoms with van der Waals surface area (Å²) >= 11 is 0. The Morgan fingerprint density at radius 3 is 2.19 bits per heavy atom. The molecule has 1 aliphatic rings. The number of hydrogen-bond donors (Lipinski definition) is 2. The zero-order valence-corrected chi connectivity index (χ0v) is 15.5. The molecule has 0 saturated carbocycles. The van der Waals surface area contributed by atoms with Crippen molar-refractivity contribution in [3.8, 4) is 0 Å². The molecule has 0 unspecified atom stereocenters. The number of nitrogens with one attached hydrogen (secondary N) is 2. The van der Waals surface area contributed by atoms with Crippen LogP contribution in [0.25, 0.3) is 0 Å². The Kier molecular flexibility index (Phi) is 6.30. The van der Waals surface area contributed by atoms with Gasteiger partial charge in [0.2, 0.25) is 5.91 Å². The molecule has 1 saturated heterocycles. The summed E-state index contributed by atoms with van der Waals surface area (Å²) < 4.78 is 4.65. The first-order valence-electron chi connectivity index (χ1n) is 9.23. The van der Waals surface area contributed by atoms with Crippen LogP contribution < -0.4 is 15.5 Å². The lowest BCUT2D eigenvalue weighted by Crippen LogP contribution is -2.29. The van der Waals surface area contributed by atoms with E-state index < -0.39 is 5.97 Å². The van der Waals surface area contributed by atoms with Crippen molar-refractivity contribution in [2.45, 2.75) is 19.3 Å². The smallest absolute Gasteiger partial charge is 0.337 e. The minimum atomic E-state index is -0.400. The van der Waals surface area contributed by atoms with Gasteiger partial charge in [-0.3, -0.25) is 4.79 Å². The van der Waals surface area contributed by atoms with Crippen LogP contribution in [0.15, 0.2) is 48.5 Å². The Morgan fingerprint density at radius 2 is 1.56 bits per heavy atom. The third-order valence-electron chi connectivity index (χ3n) is 4.63. The van der Waals surface area contributed by atoms with E-state index in [9.17, 15) is 9.59 Å². The van der Waals surface area contributed by atoms with E-state index in [1.54, 1.807) is 24.3 Å². The number of rotatable bonds is 6. The number of nitrogens with zero attached hydrogens (tertiary/aromatic N) is 1. The quantitative estimate of drug-likeness (QED) is 0.765. The average Bonchev–Trinajstić information content (AvgIpc) is 2.73. The monoisotopic (exact) mass is 367 g/mol. The molecule has 3 rings (SSSR count). The van der Waals surface area contributed by atoms with Gasteiger partial charge in [-0.05, 0) is 67.8 Å². The molecule has 1 heterocycles. The van der Waals surface area contributed by atoms with Gasteiger partial charge in [-0.25, -0.2) is 4.79 Å². The number of anilines is 3. The number of benzene rings is 2. The number of carbonyl (C=O) groups is 2. The molecular formula is C21H25N3O3. The highest BCUT2D eigenvalue weighted by Gasteiger charge is 2.11. The highest BCUT2D eigenvalue weighted by atomic mass is 16.5. The van der Waals surface area contributed by atoms with E-state index in [1.807, 2.05) is 12.1 Å². The first-order chi connectivity index (χ1) is 13.2. The van der Waals surface area contributed by atoms with Crippen LogP contribution in [0.5, 0.6) is 0 Å². The van der Waals surface area contributed by atoms with Crippen molar-refractivity contribution in [2.75, 3.05) is 42.3 Å². The molecule has 2 N–H and O–H groups in total. The van der Waals surface area contributed by atoms with Crippen LogP contribution in [0.2, 0.25) is 0 Å². The van der Waals surface area contributed by atoms with Crippen LogP contribution in [0.3, 0.4) is 0 Å². The van der Waals surface area contributed by atoms with Gasteiger partial charge in [0.25, 0.3) is 0 Å². The largest absolute Gasteiger partial charge is 0.465 e. The van der Waals surface area contributed by atoms with E-state index in [0.29, 0.717) is 11.3 Å². The molecule has 6 heteroatoms. The molecule has 0 spiro atoms. The highest BCUT2D eigenvalue weighted by molar-refractivity contribution is 5.95. The summed E-state index contributed by atoms with van der Waals surface area (Å²) in [7, 11) is 1.34. The molecule has 2 aromatic rings. The summed E-state index contributed by atoms with van der Waals surface area (Å²) in [5.41, 5.74) is 3.22. The second-order valence-corrected chi connectivity index (χ2v) is 6.57. The number of methoxy groups -OCH3 is 1. The van der Waals surface area contributed by atoms with Crippen molar-refractivity contribution in [3.05, 3.63) is 54.1 Å². The summed E-state index contributed by atoms with van der Waals surface area (Å²) in [6.07, 6.45) is 3.82. The van der Waals surface area contributed by atoms with Crippen molar-refractivity contribution in [3.63, 3.8) is 0 Å². The first-order valence-corrected chi connectivity index (χ1v) is 9.23. The summed E-state index contributed by atoms with van der Waals surface area (Å²) in [5, 5.41) is 5.93. The van der Waals surface area contributed by atoms with Gasteiger partial charge in [-0.2, -0.15) is 0 Å². The molecule has 6 nitrogen and oxygen atoms in total. The van der Waals surface area contributed by atoms with Crippen LogP contribution >= 0.6 is 0 Å². The maximum absolute atomic E-state index is 12.1. The lowest BCUT2D eigenvalue weighted by molar-refractivity contribution is -0.114. The third-order valence-corrected chi connectivity index (χ3v) is 4.63. The van der Waals surface area contributed by atoms with Gasteiger partial charge < -0.3 is 20.3 Å². The van der Waals surface area contributed by atoms with E-state index >= 15 is 0 Å². The minimum Gasteiger partial charge on any atom is -0.465 e. The van der Waals surface area contributed by atoms with Gasteiger partial charge in [-0.15, -0.1) is 0 Å². The molecule has 1 amide bonds. The number of carbonyl (C=O) groups excluding carboxylic acids is 2. The van der Waals surface area contributed by atoms with E-state index in [4.69, 9.17) is 0 Å². The molecule has 1 aliphatic heterocycles. The molecule has 0 aliphatic carbocycles. The topological polar surface area (TPSA) is 70.7 Å². The molecule has 142 valence electrons. The van der Waals surface area contributed by atoms with Gasteiger partial charge in [0, 0.05) is 30.2 Å². The molecule has 1 fully saturated rings. The number of hydrogen-bond acceptors (Lipinski definition) is 5. The van der Waals surface area contributed by atoms with E-state index in [1.165, 1.54) is 32.1 Å². The minimum absolute atomic E-state index is 0.152. The van der Waals surface area contributed by atoms with E-state index in [0.717, 1.165) is 18.8 Å².